The molecule has 1 amide bonds. The number of rotatable bonds is 4. The van der Waals surface area contributed by atoms with Crippen molar-refractivity contribution in [2.75, 3.05) is 0 Å². The van der Waals surface area contributed by atoms with Crippen molar-refractivity contribution < 1.29 is 23.8 Å². The molecule has 6 nitrogen and oxygen atoms in total. The molecule has 1 aromatic carbocycles. The number of carbonyl (C=O) groups is 2. The summed E-state index contributed by atoms with van der Waals surface area (Å²) in [5.74, 6) is -3.15. The molecule has 1 heterocycles. The van der Waals surface area contributed by atoms with E-state index in [1.807, 2.05) is 0 Å². The fraction of sp³-hybridized carbons (Fsp3) is 0. The molecule has 7 heteroatoms. The Bertz CT molecular complexity index is 688. The predicted molar refractivity (Wildman–Crippen MR) is 66.2 cm³/mol. The summed E-state index contributed by atoms with van der Waals surface area (Å²) >= 11 is 0. The van der Waals surface area contributed by atoms with Crippen LogP contribution in [0.2, 0.25) is 0 Å². The predicted octanol–water partition coefficient (Wildman–Crippen LogP) is 1.81. The van der Waals surface area contributed by atoms with Gasteiger partial charge >= 0.3 is 5.97 Å². The lowest BCUT2D eigenvalue weighted by atomic mass is 10.2. The third kappa shape index (κ3) is 2.72. The maximum absolute atomic E-state index is 13.5. The molecule has 0 unspecified atom stereocenters. The van der Waals surface area contributed by atoms with Crippen molar-refractivity contribution in [3.8, 4) is 11.6 Å². The standard InChI is InChI=1S/C13H9FN2O4/c14-10-6-7(3-4-8(10)13(18)19)20-12-9(11(15)17)2-1-5-16-12/h1-6H,(H2,15,17)(H,18,19). The highest BCUT2D eigenvalue weighted by atomic mass is 19.1. The number of carboxylic acid groups (broad SMARTS) is 1. The minimum atomic E-state index is -1.38. The van der Waals surface area contributed by atoms with E-state index in [0.717, 1.165) is 12.1 Å². The van der Waals surface area contributed by atoms with Crippen molar-refractivity contribution in [2.24, 2.45) is 5.73 Å². The third-order valence-corrected chi connectivity index (χ3v) is 2.42. The van der Waals surface area contributed by atoms with E-state index >= 15 is 0 Å². The lowest BCUT2D eigenvalue weighted by molar-refractivity contribution is 0.0691. The van der Waals surface area contributed by atoms with Crippen LogP contribution in [0.3, 0.4) is 0 Å². The molecule has 0 radical (unpaired) electrons. The highest BCUT2D eigenvalue weighted by Crippen LogP contribution is 2.24. The van der Waals surface area contributed by atoms with Gasteiger partial charge in [0.25, 0.3) is 5.91 Å². The molecule has 0 fully saturated rings. The van der Waals surface area contributed by atoms with Crippen molar-refractivity contribution in [3.05, 3.63) is 53.5 Å². The number of nitrogens with two attached hydrogens (primary N) is 1. The zero-order valence-corrected chi connectivity index (χ0v) is 10.0. The van der Waals surface area contributed by atoms with E-state index in [1.165, 1.54) is 24.4 Å². The third-order valence-electron chi connectivity index (χ3n) is 2.42. The summed E-state index contributed by atoms with van der Waals surface area (Å²) < 4.78 is 18.7. The van der Waals surface area contributed by atoms with Crippen molar-refractivity contribution in [3.63, 3.8) is 0 Å². The fourth-order valence-corrected chi connectivity index (χ4v) is 1.50. The molecule has 0 saturated carbocycles. The number of aromatic nitrogens is 1. The normalized spacial score (nSPS) is 10.1. The Kier molecular flexibility index (Phi) is 3.60. The van der Waals surface area contributed by atoms with E-state index in [1.54, 1.807) is 0 Å². The topological polar surface area (TPSA) is 103 Å². The van der Waals surface area contributed by atoms with Crippen molar-refractivity contribution in [2.45, 2.75) is 0 Å². The number of carbonyl (C=O) groups excluding carboxylic acids is 1. The number of hydrogen-bond acceptors (Lipinski definition) is 4. The molecule has 0 bridgehead atoms. The largest absolute Gasteiger partial charge is 0.478 e. The van der Waals surface area contributed by atoms with Gasteiger partial charge in [-0.1, -0.05) is 0 Å². The number of primary amides is 1. The number of amides is 1. The molecule has 0 aliphatic rings. The number of carboxylic acids is 1. The molecule has 0 atom stereocenters. The highest BCUT2D eigenvalue weighted by Gasteiger charge is 2.14. The van der Waals surface area contributed by atoms with Crippen LogP contribution in [0.15, 0.2) is 36.5 Å². The molecular weight excluding hydrogens is 267 g/mol. The summed E-state index contributed by atoms with van der Waals surface area (Å²) in [6, 6.07) is 6.11. The van der Waals surface area contributed by atoms with Crippen molar-refractivity contribution in [1.82, 2.24) is 4.98 Å². The van der Waals surface area contributed by atoms with Gasteiger partial charge in [-0.3, -0.25) is 4.79 Å². The van der Waals surface area contributed by atoms with Crippen LogP contribution in [0.4, 0.5) is 4.39 Å². The zero-order chi connectivity index (χ0) is 14.7. The average Bonchev–Trinajstić information content (AvgIpc) is 2.38. The van der Waals surface area contributed by atoms with Crippen LogP contribution in [-0.4, -0.2) is 22.0 Å². The van der Waals surface area contributed by atoms with Gasteiger partial charge in [0.1, 0.15) is 17.1 Å². The molecule has 3 N–H and O–H groups in total. The molecule has 2 aromatic rings. The van der Waals surface area contributed by atoms with Crippen molar-refractivity contribution >= 4 is 11.9 Å². The molecule has 2 rings (SSSR count). The summed E-state index contributed by atoms with van der Waals surface area (Å²) in [6.07, 6.45) is 1.38. The zero-order valence-electron chi connectivity index (χ0n) is 10.0. The van der Waals surface area contributed by atoms with Crippen LogP contribution in [0.5, 0.6) is 11.6 Å². The highest BCUT2D eigenvalue weighted by molar-refractivity contribution is 5.95. The summed E-state index contributed by atoms with van der Waals surface area (Å²) in [7, 11) is 0. The summed E-state index contributed by atoms with van der Waals surface area (Å²) in [4.78, 5) is 25.7. The van der Waals surface area contributed by atoms with Gasteiger partial charge in [-0.05, 0) is 24.3 Å². The number of aromatic carboxylic acids is 1. The van der Waals surface area contributed by atoms with Gasteiger partial charge in [0.05, 0.1) is 5.56 Å². The average molecular weight is 276 g/mol. The lowest BCUT2D eigenvalue weighted by Gasteiger charge is -2.08. The molecular formula is C13H9FN2O4. The minimum absolute atomic E-state index is 0.00806. The van der Waals surface area contributed by atoms with Gasteiger partial charge in [-0.15, -0.1) is 0 Å². The molecule has 20 heavy (non-hydrogen) atoms. The van der Waals surface area contributed by atoms with E-state index in [2.05, 4.69) is 4.98 Å². The molecule has 0 aliphatic heterocycles. The molecule has 102 valence electrons. The molecule has 0 saturated heterocycles. The van der Waals surface area contributed by atoms with Gasteiger partial charge in [-0.25, -0.2) is 14.2 Å². The summed E-state index contributed by atoms with van der Waals surface area (Å²) in [5.41, 5.74) is 4.71. The smallest absolute Gasteiger partial charge is 0.338 e. The number of ether oxygens (including phenoxy) is 1. The SMILES string of the molecule is NC(=O)c1cccnc1Oc1ccc(C(=O)O)c(F)c1. The first-order valence-corrected chi connectivity index (χ1v) is 5.44. The number of pyridine rings is 1. The van der Waals surface area contributed by atoms with Crippen LogP contribution in [0.1, 0.15) is 20.7 Å². The monoisotopic (exact) mass is 276 g/mol. The Morgan fingerprint density at radius 1 is 1.25 bits per heavy atom. The number of hydrogen-bond donors (Lipinski definition) is 2. The van der Waals surface area contributed by atoms with Crippen LogP contribution in [0.25, 0.3) is 0 Å². The number of nitrogens with zero attached hydrogens (tertiary/aromatic N) is 1. The van der Waals surface area contributed by atoms with Crippen LogP contribution in [-0.2, 0) is 0 Å². The second-order valence-electron chi connectivity index (χ2n) is 3.77. The molecule has 1 aromatic heterocycles. The maximum atomic E-state index is 13.5. The first-order chi connectivity index (χ1) is 9.49. The van der Waals surface area contributed by atoms with Gasteiger partial charge in [0, 0.05) is 12.3 Å². The maximum Gasteiger partial charge on any atom is 0.338 e. The van der Waals surface area contributed by atoms with E-state index < -0.39 is 23.3 Å². The van der Waals surface area contributed by atoms with Crippen LogP contribution in [0, 0.1) is 5.82 Å². The van der Waals surface area contributed by atoms with Gasteiger partial charge in [-0.2, -0.15) is 0 Å². The fourth-order valence-electron chi connectivity index (χ4n) is 1.50. The van der Waals surface area contributed by atoms with Gasteiger partial charge < -0.3 is 15.6 Å². The summed E-state index contributed by atoms with van der Waals surface area (Å²) in [5, 5.41) is 8.71. The Balaban J connectivity index is 2.34. The second kappa shape index (κ2) is 5.35. The minimum Gasteiger partial charge on any atom is -0.478 e. The number of benzene rings is 1. The Morgan fingerprint density at radius 2 is 2.00 bits per heavy atom. The van der Waals surface area contributed by atoms with Crippen LogP contribution < -0.4 is 10.5 Å². The quantitative estimate of drug-likeness (QED) is 0.886. The first kappa shape index (κ1) is 13.5. The van der Waals surface area contributed by atoms with Crippen LogP contribution >= 0.6 is 0 Å². The van der Waals surface area contributed by atoms with Crippen molar-refractivity contribution in [1.29, 1.82) is 0 Å². The van der Waals surface area contributed by atoms with E-state index in [-0.39, 0.29) is 17.2 Å². The number of halogens is 1. The second-order valence-corrected chi connectivity index (χ2v) is 3.77. The van der Waals surface area contributed by atoms with Gasteiger partial charge in [0.15, 0.2) is 0 Å². The lowest BCUT2D eigenvalue weighted by Crippen LogP contribution is -2.12. The van der Waals surface area contributed by atoms with E-state index in [0.29, 0.717) is 0 Å². The van der Waals surface area contributed by atoms with Gasteiger partial charge in [0.2, 0.25) is 5.88 Å². The van der Waals surface area contributed by atoms with E-state index in [4.69, 9.17) is 15.6 Å². The van der Waals surface area contributed by atoms with E-state index in [9.17, 15) is 14.0 Å². The Morgan fingerprint density at radius 3 is 2.60 bits per heavy atom. The molecule has 0 aliphatic carbocycles. The summed E-state index contributed by atoms with van der Waals surface area (Å²) in [6.45, 7) is 0. The Hall–Kier alpha value is -2.96. The Labute approximate surface area is 112 Å². The molecule has 0 spiro atoms. The first-order valence-electron chi connectivity index (χ1n) is 5.44.